The van der Waals surface area contributed by atoms with Crippen molar-refractivity contribution in [2.45, 2.75) is 57.5 Å². The van der Waals surface area contributed by atoms with Crippen LogP contribution in [0.1, 0.15) is 25.7 Å². The minimum atomic E-state index is -1.50. The summed E-state index contributed by atoms with van der Waals surface area (Å²) in [7, 11) is -1.50. The summed E-state index contributed by atoms with van der Waals surface area (Å²) in [5.41, 5.74) is 8.45. The fourth-order valence-corrected chi connectivity index (χ4v) is 3.05. The van der Waals surface area contributed by atoms with E-state index in [9.17, 15) is 0 Å². The van der Waals surface area contributed by atoms with Gasteiger partial charge in [0.2, 0.25) is 0 Å². The zero-order chi connectivity index (χ0) is 10.6. The lowest BCUT2D eigenvalue weighted by molar-refractivity contribution is 0.125. The molecule has 2 atom stereocenters. The summed E-state index contributed by atoms with van der Waals surface area (Å²) in [4.78, 5) is 2.90. The van der Waals surface area contributed by atoms with Crippen molar-refractivity contribution >= 4 is 8.32 Å². The first-order valence-electron chi connectivity index (χ1n) is 5.25. The zero-order valence-corrected chi connectivity index (χ0v) is 10.2. The number of hydrogen-bond acceptors (Lipinski definition) is 2. The first-order chi connectivity index (χ1) is 6.53. The first kappa shape index (κ1) is 11.6. The Morgan fingerprint density at radius 1 is 1.29 bits per heavy atom. The van der Waals surface area contributed by atoms with Crippen LogP contribution in [0, 0.1) is 0 Å². The maximum absolute atomic E-state index is 8.45. The van der Waals surface area contributed by atoms with Gasteiger partial charge in [0.15, 0.2) is 8.32 Å². The molecule has 0 aromatic heterocycles. The van der Waals surface area contributed by atoms with Crippen molar-refractivity contribution in [3.8, 4) is 0 Å². The summed E-state index contributed by atoms with van der Waals surface area (Å²) < 4.78 is 6.02. The van der Waals surface area contributed by atoms with Gasteiger partial charge in [0, 0.05) is 4.91 Å². The minimum absolute atomic E-state index is 0.0699. The van der Waals surface area contributed by atoms with Crippen LogP contribution in [0.4, 0.5) is 0 Å². The van der Waals surface area contributed by atoms with Crippen molar-refractivity contribution in [3.05, 3.63) is 10.4 Å². The van der Waals surface area contributed by atoms with Crippen LogP contribution in [0.3, 0.4) is 0 Å². The molecule has 0 saturated heterocycles. The second kappa shape index (κ2) is 4.82. The lowest BCUT2D eigenvalue weighted by Crippen LogP contribution is -2.39. The summed E-state index contributed by atoms with van der Waals surface area (Å²) in [6.45, 7) is 6.53. The van der Waals surface area contributed by atoms with Crippen LogP contribution in [-0.4, -0.2) is 20.5 Å². The SMILES string of the molecule is C[Si](C)(C)O[C@@H]1CCCC[C@H]1N=[N+]=[N-]. The molecule has 0 amide bonds. The molecule has 5 heteroatoms. The van der Waals surface area contributed by atoms with Gasteiger partial charge < -0.3 is 4.43 Å². The molecule has 1 rings (SSSR count). The van der Waals surface area contributed by atoms with E-state index >= 15 is 0 Å². The number of azide groups is 1. The Hall–Kier alpha value is -0.513. The highest BCUT2D eigenvalue weighted by atomic mass is 28.4. The van der Waals surface area contributed by atoms with Crippen molar-refractivity contribution in [3.63, 3.8) is 0 Å². The molecule has 1 aliphatic carbocycles. The number of rotatable bonds is 3. The van der Waals surface area contributed by atoms with E-state index in [1.165, 1.54) is 6.42 Å². The molecule has 1 fully saturated rings. The van der Waals surface area contributed by atoms with Gasteiger partial charge in [0.25, 0.3) is 0 Å². The van der Waals surface area contributed by atoms with Gasteiger partial charge >= 0.3 is 0 Å². The van der Waals surface area contributed by atoms with E-state index in [0.717, 1.165) is 19.3 Å². The van der Waals surface area contributed by atoms with Gasteiger partial charge in [-0.1, -0.05) is 18.0 Å². The highest BCUT2D eigenvalue weighted by Crippen LogP contribution is 2.26. The Kier molecular flexibility index (Phi) is 3.98. The van der Waals surface area contributed by atoms with Crippen molar-refractivity contribution < 1.29 is 4.43 Å². The van der Waals surface area contributed by atoms with Gasteiger partial charge in [-0.3, -0.25) is 0 Å². The van der Waals surface area contributed by atoms with Crippen LogP contribution in [-0.2, 0) is 4.43 Å². The second-order valence-corrected chi connectivity index (χ2v) is 9.29. The van der Waals surface area contributed by atoms with E-state index < -0.39 is 8.32 Å². The highest BCUT2D eigenvalue weighted by molar-refractivity contribution is 6.69. The predicted molar refractivity (Wildman–Crippen MR) is 59.6 cm³/mol. The van der Waals surface area contributed by atoms with E-state index in [1.54, 1.807) is 0 Å². The third-order valence-electron chi connectivity index (χ3n) is 2.37. The Morgan fingerprint density at radius 2 is 1.93 bits per heavy atom. The summed E-state index contributed by atoms with van der Waals surface area (Å²) in [6.07, 6.45) is 4.57. The maximum Gasteiger partial charge on any atom is 0.184 e. The largest absolute Gasteiger partial charge is 0.414 e. The van der Waals surface area contributed by atoms with Gasteiger partial charge in [0.1, 0.15) is 0 Å². The van der Waals surface area contributed by atoms with Crippen molar-refractivity contribution in [2.24, 2.45) is 5.11 Å². The van der Waals surface area contributed by atoms with E-state index in [-0.39, 0.29) is 12.1 Å². The monoisotopic (exact) mass is 213 g/mol. The molecule has 4 nitrogen and oxygen atoms in total. The molecule has 80 valence electrons. The lowest BCUT2D eigenvalue weighted by atomic mass is 9.93. The molecule has 0 aliphatic heterocycles. The van der Waals surface area contributed by atoms with Crippen molar-refractivity contribution in [2.75, 3.05) is 0 Å². The Morgan fingerprint density at radius 3 is 2.50 bits per heavy atom. The van der Waals surface area contributed by atoms with Gasteiger partial charge in [0.05, 0.1) is 12.1 Å². The summed E-state index contributed by atoms with van der Waals surface area (Å²) in [5.74, 6) is 0. The Labute approximate surface area is 86.4 Å². The van der Waals surface area contributed by atoms with E-state index in [4.69, 9.17) is 9.96 Å². The molecule has 1 aliphatic rings. The molecule has 0 radical (unpaired) electrons. The van der Waals surface area contributed by atoms with Gasteiger partial charge in [-0.05, 0) is 38.0 Å². The highest BCUT2D eigenvalue weighted by Gasteiger charge is 2.29. The molecular weight excluding hydrogens is 194 g/mol. The van der Waals surface area contributed by atoms with E-state index in [1.807, 2.05) is 0 Å². The van der Waals surface area contributed by atoms with Crippen LogP contribution < -0.4 is 0 Å². The van der Waals surface area contributed by atoms with Crippen LogP contribution in [0.5, 0.6) is 0 Å². The summed E-state index contributed by atoms with van der Waals surface area (Å²) in [6, 6.07) is 0.0699. The van der Waals surface area contributed by atoms with E-state index in [0.29, 0.717) is 0 Å². The fourth-order valence-electron chi connectivity index (χ4n) is 1.87. The molecule has 1 saturated carbocycles. The smallest absolute Gasteiger partial charge is 0.184 e. The average Bonchev–Trinajstić information content (AvgIpc) is 2.06. The lowest BCUT2D eigenvalue weighted by Gasteiger charge is -2.33. The maximum atomic E-state index is 8.45. The van der Waals surface area contributed by atoms with Gasteiger partial charge in [-0.2, -0.15) is 0 Å². The van der Waals surface area contributed by atoms with Crippen LogP contribution in [0.2, 0.25) is 19.6 Å². The molecular formula is C9H19N3OSi. The summed E-state index contributed by atoms with van der Waals surface area (Å²) >= 11 is 0. The molecule has 14 heavy (non-hydrogen) atoms. The standard InChI is InChI=1S/C9H19N3OSi/c1-14(2,3)13-9-7-5-4-6-8(9)11-12-10/h8-9H,4-7H2,1-3H3/t8-,9-/m1/s1. The van der Waals surface area contributed by atoms with Crippen LogP contribution >= 0.6 is 0 Å². The Balaban J connectivity index is 2.58. The van der Waals surface area contributed by atoms with Crippen LogP contribution in [0.25, 0.3) is 10.4 Å². The molecule has 0 heterocycles. The molecule has 0 N–H and O–H groups in total. The van der Waals surface area contributed by atoms with Gasteiger partial charge in [-0.25, -0.2) is 0 Å². The van der Waals surface area contributed by atoms with Crippen molar-refractivity contribution in [1.82, 2.24) is 0 Å². The number of hydrogen-bond donors (Lipinski definition) is 0. The molecule has 0 aromatic carbocycles. The van der Waals surface area contributed by atoms with E-state index in [2.05, 4.69) is 29.7 Å². The fraction of sp³-hybridized carbons (Fsp3) is 1.00. The van der Waals surface area contributed by atoms with Crippen LogP contribution in [0.15, 0.2) is 5.11 Å². The Bertz CT molecular complexity index is 233. The molecule has 0 aromatic rings. The average molecular weight is 213 g/mol. The third kappa shape index (κ3) is 3.70. The molecule has 0 spiro atoms. The summed E-state index contributed by atoms with van der Waals surface area (Å²) in [5, 5.41) is 3.83. The normalized spacial score (nSPS) is 28.2. The molecule has 0 bridgehead atoms. The minimum Gasteiger partial charge on any atom is -0.414 e. The predicted octanol–water partition coefficient (Wildman–Crippen LogP) is 3.46. The van der Waals surface area contributed by atoms with Crippen molar-refractivity contribution in [1.29, 1.82) is 0 Å². The second-order valence-electron chi connectivity index (χ2n) is 4.83. The zero-order valence-electron chi connectivity index (χ0n) is 9.23. The molecule has 0 unspecified atom stereocenters. The van der Waals surface area contributed by atoms with Gasteiger partial charge in [-0.15, -0.1) is 0 Å². The first-order valence-corrected chi connectivity index (χ1v) is 8.66. The quantitative estimate of drug-likeness (QED) is 0.306. The number of nitrogens with zero attached hydrogens (tertiary/aromatic N) is 3. The topological polar surface area (TPSA) is 58.0 Å². The third-order valence-corrected chi connectivity index (χ3v) is 3.38.